The largest absolute Gasteiger partial charge is 0.433 e. The van der Waals surface area contributed by atoms with Crippen molar-refractivity contribution in [2.24, 2.45) is 11.0 Å². The zero-order valence-electron chi connectivity index (χ0n) is 14.9. The maximum atomic E-state index is 13.0. The van der Waals surface area contributed by atoms with Crippen LogP contribution in [0.15, 0.2) is 41.8 Å². The van der Waals surface area contributed by atoms with E-state index >= 15 is 0 Å². The molecule has 3 rings (SSSR count). The zero-order chi connectivity index (χ0) is 23.0. The van der Waals surface area contributed by atoms with Crippen LogP contribution in [0.25, 0.3) is 0 Å². The Hall–Kier alpha value is -2.51. The normalized spacial score (nSPS) is 20.4. The van der Waals surface area contributed by atoms with Crippen molar-refractivity contribution in [1.82, 2.24) is 9.97 Å². The molecule has 31 heavy (non-hydrogen) atoms. The summed E-state index contributed by atoms with van der Waals surface area (Å²) in [6, 6.07) is 5.37. The molecule has 3 unspecified atom stereocenters. The fraction of sp³-hybridized carbons (Fsp3) is 0.294. The lowest BCUT2D eigenvalue weighted by molar-refractivity contribution is -0.142. The molecule has 2 aromatic rings. The molecule has 2 aromatic heterocycles. The lowest BCUT2D eigenvalue weighted by Crippen LogP contribution is -2.37. The molecule has 0 radical (unpaired) electrons. The van der Waals surface area contributed by atoms with Crippen LogP contribution < -0.4 is 5.01 Å². The molecule has 3 atom stereocenters. The van der Waals surface area contributed by atoms with Crippen molar-refractivity contribution in [3.05, 3.63) is 53.6 Å². The summed E-state index contributed by atoms with van der Waals surface area (Å²) in [7, 11) is 0. The number of alkyl halides is 6. The van der Waals surface area contributed by atoms with Crippen molar-refractivity contribution in [2.45, 2.75) is 24.7 Å². The number of nitrogens with zero attached hydrogens (tertiary/aromatic N) is 5. The van der Waals surface area contributed by atoms with Crippen LogP contribution in [-0.4, -0.2) is 27.0 Å². The molecule has 0 aliphatic carbocycles. The molecule has 0 fully saturated rings. The number of hydrogen-bond donors (Lipinski definition) is 1. The van der Waals surface area contributed by atoms with E-state index in [1.54, 1.807) is 6.07 Å². The van der Waals surface area contributed by atoms with E-state index in [4.69, 9.17) is 3.07 Å². The number of rotatable bonds is 4. The second kappa shape index (κ2) is 8.55. The molecular weight excluding hydrogens is 547 g/mol. The molecule has 0 saturated carbocycles. The number of nitriles is 1. The summed E-state index contributed by atoms with van der Waals surface area (Å²) < 4.78 is 83.1. The first-order chi connectivity index (χ1) is 14.5. The number of halogens is 7. The highest BCUT2D eigenvalue weighted by Crippen LogP contribution is 2.40. The summed E-state index contributed by atoms with van der Waals surface area (Å²) in [5.41, 5.74) is -3.09. The minimum Gasteiger partial charge on any atom is -0.371 e. The first-order valence-electron chi connectivity index (χ1n) is 8.27. The Morgan fingerprint density at radius 2 is 1.65 bits per heavy atom. The van der Waals surface area contributed by atoms with Crippen LogP contribution >= 0.6 is 23.0 Å². The topological polar surface area (TPSA) is 94.6 Å². The molecule has 164 valence electrons. The molecule has 0 aromatic carbocycles. The van der Waals surface area contributed by atoms with Crippen LogP contribution in [-0.2, 0) is 15.4 Å². The third kappa shape index (κ3) is 4.72. The van der Waals surface area contributed by atoms with Crippen LogP contribution in [0.4, 0.5) is 32.0 Å². The highest BCUT2D eigenvalue weighted by Gasteiger charge is 2.45. The van der Waals surface area contributed by atoms with Crippen molar-refractivity contribution in [3.8, 4) is 6.07 Å². The average Bonchev–Trinajstić information content (AvgIpc) is 3.04. The van der Waals surface area contributed by atoms with Gasteiger partial charge in [0.05, 0.1) is 11.6 Å². The SMILES string of the molecule is N#CC1=NN(c2ccnc(C(F)(F)F)c2)C(O)C1C(OI)c1ccnc(C(F)(F)F)c1. The van der Waals surface area contributed by atoms with E-state index in [9.17, 15) is 36.7 Å². The molecule has 3 heterocycles. The van der Waals surface area contributed by atoms with Gasteiger partial charge in [-0.2, -0.15) is 36.7 Å². The van der Waals surface area contributed by atoms with Gasteiger partial charge in [0.1, 0.15) is 52.3 Å². The number of pyridine rings is 2. The fourth-order valence-electron chi connectivity index (χ4n) is 2.95. The minimum atomic E-state index is -4.76. The quantitative estimate of drug-likeness (QED) is 0.447. The smallest absolute Gasteiger partial charge is 0.371 e. The van der Waals surface area contributed by atoms with Gasteiger partial charge in [-0.25, -0.2) is 5.01 Å². The zero-order valence-corrected chi connectivity index (χ0v) is 17.1. The van der Waals surface area contributed by atoms with E-state index in [0.717, 1.165) is 23.5 Å². The minimum absolute atomic E-state index is 0.0590. The van der Waals surface area contributed by atoms with E-state index in [1.807, 2.05) is 0 Å². The summed E-state index contributed by atoms with van der Waals surface area (Å²) in [5.74, 6) is -1.30. The molecule has 7 nitrogen and oxygen atoms in total. The Kier molecular flexibility index (Phi) is 6.39. The summed E-state index contributed by atoms with van der Waals surface area (Å²) in [4.78, 5) is 6.45. The summed E-state index contributed by atoms with van der Waals surface area (Å²) in [6.07, 6.45) is -10.8. The van der Waals surface area contributed by atoms with Crippen LogP contribution in [0.1, 0.15) is 23.1 Å². The summed E-state index contributed by atoms with van der Waals surface area (Å²) >= 11 is 1.39. The highest BCUT2D eigenvalue weighted by molar-refractivity contribution is 14.1. The maximum Gasteiger partial charge on any atom is 0.433 e. The molecule has 0 bridgehead atoms. The van der Waals surface area contributed by atoms with Gasteiger partial charge in [0.25, 0.3) is 0 Å². The second-order valence-corrected chi connectivity index (χ2v) is 6.77. The Labute approximate surface area is 184 Å². The van der Waals surface area contributed by atoms with Crippen molar-refractivity contribution >= 4 is 34.4 Å². The van der Waals surface area contributed by atoms with Gasteiger partial charge in [0.2, 0.25) is 0 Å². The monoisotopic (exact) mass is 557 g/mol. The number of hydrazone groups is 1. The number of hydrogen-bond acceptors (Lipinski definition) is 7. The molecule has 0 amide bonds. The molecule has 0 saturated heterocycles. The first kappa shape index (κ1) is 23.2. The van der Waals surface area contributed by atoms with Gasteiger partial charge in [-0.05, 0) is 29.8 Å². The van der Waals surface area contributed by atoms with Crippen molar-refractivity contribution in [2.75, 3.05) is 5.01 Å². The van der Waals surface area contributed by atoms with Crippen molar-refractivity contribution in [1.29, 1.82) is 5.26 Å². The number of aliphatic hydroxyl groups excluding tert-OH is 1. The van der Waals surface area contributed by atoms with Gasteiger partial charge in [-0.1, -0.05) is 0 Å². The predicted octanol–water partition coefficient (Wildman–Crippen LogP) is 4.26. The van der Waals surface area contributed by atoms with Crippen LogP contribution in [0, 0.1) is 17.2 Å². The first-order valence-corrected chi connectivity index (χ1v) is 9.15. The lowest BCUT2D eigenvalue weighted by Gasteiger charge is -2.27. The van der Waals surface area contributed by atoms with Crippen molar-refractivity contribution in [3.63, 3.8) is 0 Å². The maximum absolute atomic E-state index is 13.0. The van der Waals surface area contributed by atoms with Crippen molar-refractivity contribution < 1.29 is 34.5 Å². The van der Waals surface area contributed by atoms with E-state index < -0.39 is 42.0 Å². The molecule has 1 N–H and O–H groups in total. The number of aliphatic hydroxyl groups is 1. The Bertz CT molecular complexity index is 1040. The van der Waals surface area contributed by atoms with E-state index in [-0.39, 0.29) is 17.0 Å². The Morgan fingerprint density at radius 3 is 2.19 bits per heavy atom. The summed E-state index contributed by atoms with van der Waals surface area (Å²) in [5, 5.41) is 24.8. The molecule has 0 spiro atoms. The number of aromatic nitrogens is 2. The number of anilines is 1. The third-order valence-electron chi connectivity index (χ3n) is 4.34. The van der Waals surface area contributed by atoms with Gasteiger partial charge in [-0.15, -0.1) is 0 Å². The average molecular weight is 557 g/mol. The predicted molar refractivity (Wildman–Crippen MR) is 101 cm³/mol. The van der Waals surface area contributed by atoms with E-state index in [1.165, 1.54) is 29.1 Å². The van der Waals surface area contributed by atoms with Gasteiger partial charge >= 0.3 is 12.4 Å². The van der Waals surface area contributed by atoms with Gasteiger partial charge in [0, 0.05) is 12.4 Å². The lowest BCUT2D eigenvalue weighted by atomic mass is 9.91. The summed E-state index contributed by atoms with van der Waals surface area (Å²) in [6.45, 7) is 0. The van der Waals surface area contributed by atoms with Crippen LogP contribution in [0.2, 0.25) is 0 Å². The highest BCUT2D eigenvalue weighted by atomic mass is 127. The molecule has 14 heteroatoms. The Balaban J connectivity index is 1.99. The standard InChI is InChI=1S/C17H10F6IN5O2/c18-16(19,20)11-5-8(1-3-26-11)14(31-24)13-10(7-25)28-29(15(13)30)9-2-4-27-12(6-9)17(21,22)23/h1-6,13-15,30H. The van der Waals surface area contributed by atoms with E-state index in [0.29, 0.717) is 12.1 Å². The van der Waals surface area contributed by atoms with E-state index in [2.05, 4.69) is 15.1 Å². The molecular formula is C17H10F6IN5O2. The van der Waals surface area contributed by atoms with Crippen LogP contribution in [0.5, 0.6) is 0 Å². The molecule has 1 aliphatic rings. The van der Waals surface area contributed by atoms with Gasteiger partial charge < -0.3 is 8.17 Å². The fourth-order valence-corrected chi connectivity index (χ4v) is 3.56. The molecule has 1 aliphatic heterocycles. The van der Waals surface area contributed by atoms with Gasteiger partial charge in [0.15, 0.2) is 6.23 Å². The third-order valence-corrected chi connectivity index (χ3v) is 4.89. The van der Waals surface area contributed by atoms with Gasteiger partial charge in [-0.3, -0.25) is 9.97 Å². The van der Waals surface area contributed by atoms with Crippen LogP contribution in [0.3, 0.4) is 0 Å². The Morgan fingerprint density at radius 1 is 1.06 bits per heavy atom. The second-order valence-electron chi connectivity index (χ2n) is 6.26.